The predicted molar refractivity (Wildman–Crippen MR) is 83.0 cm³/mol. The van der Waals surface area contributed by atoms with Crippen LogP contribution in [0.1, 0.15) is 0 Å². The van der Waals surface area contributed by atoms with Crippen LogP contribution in [0.4, 0.5) is 0 Å². The van der Waals surface area contributed by atoms with Gasteiger partial charge in [-0.1, -0.05) is 0 Å². The highest BCUT2D eigenvalue weighted by atomic mass is 32.2. The third-order valence-electron chi connectivity index (χ3n) is 3.36. The minimum absolute atomic E-state index is 0.154. The van der Waals surface area contributed by atoms with E-state index >= 15 is 0 Å². The second-order valence-corrected chi connectivity index (χ2v) is 7.27. The topological polar surface area (TPSA) is 67.9 Å². The number of thioether (sulfide) groups is 1. The van der Waals surface area contributed by atoms with Crippen LogP contribution in [0.3, 0.4) is 0 Å². The number of rotatable bonds is 5. The van der Waals surface area contributed by atoms with Gasteiger partial charge in [0.05, 0.1) is 19.1 Å². The Kier molecular flexibility index (Phi) is 5.37. The van der Waals surface area contributed by atoms with Gasteiger partial charge in [0, 0.05) is 32.2 Å². The molecule has 0 amide bonds. The quantitative estimate of drug-likeness (QED) is 0.812. The summed E-state index contributed by atoms with van der Waals surface area (Å²) in [6.07, 6.45) is 1.90. The Morgan fingerprint density at radius 2 is 1.76 bits per heavy atom. The van der Waals surface area contributed by atoms with E-state index in [1.54, 1.807) is 12.1 Å². The SMILES string of the molecule is COc1cc(S(=O)(=O)N2CCNCC2)c(OC)cc1SC. The van der Waals surface area contributed by atoms with Crippen molar-refractivity contribution in [2.75, 3.05) is 46.7 Å². The van der Waals surface area contributed by atoms with Gasteiger partial charge in [0.2, 0.25) is 10.0 Å². The highest BCUT2D eigenvalue weighted by Crippen LogP contribution is 2.37. The van der Waals surface area contributed by atoms with Gasteiger partial charge in [-0.25, -0.2) is 8.42 Å². The van der Waals surface area contributed by atoms with Crippen molar-refractivity contribution in [1.29, 1.82) is 0 Å². The molecule has 1 heterocycles. The summed E-state index contributed by atoms with van der Waals surface area (Å²) < 4.78 is 37.6. The van der Waals surface area contributed by atoms with E-state index in [1.807, 2.05) is 6.26 Å². The molecule has 6 nitrogen and oxygen atoms in total. The molecule has 1 aromatic rings. The molecule has 2 rings (SSSR count). The number of nitrogens with zero attached hydrogens (tertiary/aromatic N) is 1. The van der Waals surface area contributed by atoms with Crippen molar-refractivity contribution in [3.8, 4) is 11.5 Å². The maximum atomic E-state index is 12.8. The number of hydrogen-bond acceptors (Lipinski definition) is 6. The molecule has 1 aliphatic heterocycles. The van der Waals surface area contributed by atoms with Gasteiger partial charge in [-0.3, -0.25) is 0 Å². The van der Waals surface area contributed by atoms with E-state index in [4.69, 9.17) is 9.47 Å². The maximum Gasteiger partial charge on any atom is 0.246 e. The Hall–Kier alpha value is -0.960. The van der Waals surface area contributed by atoms with Gasteiger partial charge in [0.15, 0.2) is 0 Å². The van der Waals surface area contributed by atoms with Crippen LogP contribution in [0.15, 0.2) is 21.9 Å². The summed E-state index contributed by atoms with van der Waals surface area (Å²) in [6.45, 7) is 2.22. The predicted octanol–water partition coefficient (Wildman–Crippen LogP) is 1.02. The molecule has 0 aliphatic carbocycles. The molecular weight excluding hydrogens is 312 g/mol. The lowest BCUT2D eigenvalue weighted by Crippen LogP contribution is -2.46. The summed E-state index contributed by atoms with van der Waals surface area (Å²) in [5.74, 6) is 0.885. The second-order valence-electron chi connectivity index (χ2n) is 4.51. The fourth-order valence-electron chi connectivity index (χ4n) is 2.23. The Balaban J connectivity index is 2.50. The van der Waals surface area contributed by atoms with E-state index in [9.17, 15) is 8.42 Å². The molecule has 0 unspecified atom stereocenters. The lowest BCUT2D eigenvalue weighted by atomic mass is 10.3. The van der Waals surface area contributed by atoms with Crippen LogP contribution in [0.2, 0.25) is 0 Å². The summed E-state index contributed by atoms with van der Waals surface area (Å²) in [5.41, 5.74) is 0. The average Bonchev–Trinajstić information content (AvgIpc) is 2.54. The molecule has 118 valence electrons. The molecule has 0 spiro atoms. The minimum atomic E-state index is -3.58. The van der Waals surface area contributed by atoms with E-state index in [1.165, 1.54) is 30.3 Å². The molecule has 0 radical (unpaired) electrons. The maximum absolute atomic E-state index is 12.8. The molecule has 1 fully saturated rings. The zero-order valence-corrected chi connectivity index (χ0v) is 14.0. The number of methoxy groups -OCH3 is 2. The van der Waals surface area contributed by atoms with Crippen molar-refractivity contribution in [3.05, 3.63) is 12.1 Å². The number of piperazine rings is 1. The molecule has 0 atom stereocenters. The molecule has 1 aromatic carbocycles. The number of sulfonamides is 1. The van der Waals surface area contributed by atoms with Gasteiger partial charge in [0.1, 0.15) is 16.4 Å². The summed E-state index contributed by atoms with van der Waals surface area (Å²) in [5, 5.41) is 3.14. The van der Waals surface area contributed by atoms with E-state index in [2.05, 4.69) is 5.32 Å². The third-order valence-corrected chi connectivity index (χ3v) is 6.04. The van der Waals surface area contributed by atoms with E-state index in [0.717, 1.165) is 4.90 Å². The minimum Gasteiger partial charge on any atom is -0.496 e. The molecule has 1 saturated heterocycles. The monoisotopic (exact) mass is 332 g/mol. The van der Waals surface area contributed by atoms with E-state index in [0.29, 0.717) is 37.7 Å². The first kappa shape index (κ1) is 16.4. The molecule has 0 bridgehead atoms. The van der Waals surface area contributed by atoms with E-state index < -0.39 is 10.0 Å². The Labute approximate surface area is 129 Å². The summed E-state index contributed by atoms with van der Waals surface area (Å²) >= 11 is 1.48. The number of ether oxygens (including phenoxy) is 2. The van der Waals surface area contributed by atoms with Crippen LogP contribution in [0.25, 0.3) is 0 Å². The van der Waals surface area contributed by atoms with Gasteiger partial charge in [-0.2, -0.15) is 4.31 Å². The van der Waals surface area contributed by atoms with Crippen LogP contribution in [-0.2, 0) is 10.0 Å². The highest BCUT2D eigenvalue weighted by molar-refractivity contribution is 7.98. The molecule has 0 saturated carbocycles. The smallest absolute Gasteiger partial charge is 0.246 e. The van der Waals surface area contributed by atoms with Crippen LogP contribution >= 0.6 is 11.8 Å². The standard InChI is InChI=1S/C13H20N2O4S2/c1-18-10-9-13(11(19-2)8-12(10)20-3)21(16,17)15-6-4-14-5-7-15/h8-9,14H,4-7H2,1-3H3. The summed E-state index contributed by atoms with van der Waals surface area (Å²) in [7, 11) is -0.578. The number of hydrogen-bond donors (Lipinski definition) is 1. The molecule has 0 aromatic heterocycles. The zero-order chi connectivity index (χ0) is 15.5. The van der Waals surface area contributed by atoms with Crippen molar-refractivity contribution in [3.63, 3.8) is 0 Å². The van der Waals surface area contributed by atoms with Crippen LogP contribution in [0, 0.1) is 0 Å². The Bertz CT molecular complexity index is 598. The molecule has 21 heavy (non-hydrogen) atoms. The molecular formula is C13H20N2O4S2. The van der Waals surface area contributed by atoms with Crippen molar-refractivity contribution in [1.82, 2.24) is 9.62 Å². The summed E-state index contributed by atoms with van der Waals surface area (Å²) in [4.78, 5) is 0.996. The Morgan fingerprint density at radius 3 is 2.29 bits per heavy atom. The second kappa shape index (κ2) is 6.87. The molecule has 1 N–H and O–H groups in total. The van der Waals surface area contributed by atoms with E-state index in [-0.39, 0.29) is 4.90 Å². The lowest BCUT2D eigenvalue weighted by Gasteiger charge is -2.27. The third kappa shape index (κ3) is 3.28. The van der Waals surface area contributed by atoms with Crippen molar-refractivity contribution in [2.45, 2.75) is 9.79 Å². The normalized spacial score (nSPS) is 16.7. The van der Waals surface area contributed by atoms with Crippen LogP contribution < -0.4 is 14.8 Å². The highest BCUT2D eigenvalue weighted by Gasteiger charge is 2.30. The Morgan fingerprint density at radius 1 is 1.14 bits per heavy atom. The van der Waals surface area contributed by atoms with Crippen LogP contribution in [0.5, 0.6) is 11.5 Å². The fraction of sp³-hybridized carbons (Fsp3) is 0.538. The van der Waals surface area contributed by atoms with Crippen molar-refractivity contribution >= 4 is 21.8 Å². The van der Waals surface area contributed by atoms with Crippen molar-refractivity contribution < 1.29 is 17.9 Å². The van der Waals surface area contributed by atoms with Gasteiger partial charge >= 0.3 is 0 Å². The van der Waals surface area contributed by atoms with Gasteiger partial charge in [0.25, 0.3) is 0 Å². The largest absolute Gasteiger partial charge is 0.496 e. The fourth-order valence-corrected chi connectivity index (χ4v) is 4.39. The molecule has 1 aliphatic rings. The summed E-state index contributed by atoms with van der Waals surface area (Å²) in [6, 6.07) is 3.25. The number of nitrogens with one attached hydrogen (secondary N) is 1. The van der Waals surface area contributed by atoms with Crippen molar-refractivity contribution in [2.24, 2.45) is 0 Å². The average molecular weight is 332 g/mol. The first-order chi connectivity index (χ1) is 10.0. The van der Waals surface area contributed by atoms with Gasteiger partial charge in [-0.15, -0.1) is 11.8 Å². The molecule has 8 heteroatoms. The number of benzene rings is 1. The van der Waals surface area contributed by atoms with Crippen LogP contribution in [-0.4, -0.2) is 59.4 Å². The first-order valence-corrected chi connectivity index (χ1v) is 9.22. The van der Waals surface area contributed by atoms with Gasteiger partial charge < -0.3 is 14.8 Å². The lowest BCUT2D eigenvalue weighted by molar-refractivity contribution is 0.352. The zero-order valence-electron chi connectivity index (χ0n) is 12.4. The van der Waals surface area contributed by atoms with Gasteiger partial charge in [-0.05, 0) is 12.3 Å². The first-order valence-electron chi connectivity index (χ1n) is 6.55.